The molecule has 0 bridgehead atoms. The van der Waals surface area contributed by atoms with Crippen LogP contribution in [0.25, 0.3) is 0 Å². The summed E-state index contributed by atoms with van der Waals surface area (Å²) in [5.74, 6) is -1.67. The Balaban J connectivity index is 1.63. The van der Waals surface area contributed by atoms with Gasteiger partial charge in [0.2, 0.25) is 23.6 Å². The molecule has 0 radical (unpaired) electrons. The Kier molecular flexibility index (Phi) is 7.11. The van der Waals surface area contributed by atoms with E-state index in [-0.39, 0.29) is 36.7 Å². The number of piperazine rings is 1. The predicted octanol–water partition coefficient (Wildman–Crippen LogP) is -1.19. The van der Waals surface area contributed by atoms with Gasteiger partial charge in [-0.2, -0.15) is 0 Å². The van der Waals surface area contributed by atoms with Crippen molar-refractivity contribution < 1.29 is 28.7 Å². The normalized spacial score (nSPS) is 34.5. The maximum atomic E-state index is 13.5. The average molecular weight is 478 g/mol. The Morgan fingerprint density at radius 1 is 0.853 bits per heavy atom. The van der Waals surface area contributed by atoms with E-state index in [1.807, 2.05) is 18.9 Å². The molecule has 11 heteroatoms. The summed E-state index contributed by atoms with van der Waals surface area (Å²) in [6.07, 6.45) is 1.69. The fourth-order valence-corrected chi connectivity index (χ4v) is 5.53. The first kappa shape index (κ1) is 24.4. The summed E-state index contributed by atoms with van der Waals surface area (Å²) in [7, 11) is 1.88. The van der Waals surface area contributed by atoms with Gasteiger partial charge in [-0.3, -0.25) is 19.2 Å². The van der Waals surface area contributed by atoms with Crippen molar-refractivity contribution in [1.29, 1.82) is 0 Å². The van der Waals surface area contributed by atoms with E-state index in [1.54, 1.807) is 16.7 Å². The summed E-state index contributed by atoms with van der Waals surface area (Å²) >= 11 is 0. The van der Waals surface area contributed by atoms with Gasteiger partial charge in [0.05, 0.1) is 6.42 Å². The second kappa shape index (κ2) is 9.89. The zero-order chi connectivity index (χ0) is 24.6. The third-order valence-corrected chi connectivity index (χ3v) is 7.38. The summed E-state index contributed by atoms with van der Waals surface area (Å²) in [6.45, 7) is 5.66. The number of nitrogens with zero attached hydrogens (tertiary/aromatic N) is 4. The molecule has 4 heterocycles. The molecule has 0 aromatic rings. The minimum Gasteiger partial charge on any atom is -0.464 e. The molecule has 0 aromatic carbocycles. The molecule has 5 unspecified atom stereocenters. The van der Waals surface area contributed by atoms with Crippen LogP contribution in [-0.4, -0.2) is 120 Å². The van der Waals surface area contributed by atoms with Gasteiger partial charge in [0.15, 0.2) is 0 Å². The van der Waals surface area contributed by atoms with E-state index in [0.717, 1.165) is 0 Å². The van der Waals surface area contributed by atoms with Crippen LogP contribution in [0.2, 0.25) is 0 Å². The van der Waals surface area contributed by atoms with Crippen molar-refractivity contribution in [2.24, 2.45) is 5.92 Å². The van der Waals surface area contributed by atoms with E-state index in [2.05, 4.69) is 5.32 Å². The zero-order valence-corrected chi connectivity index (χ0v) is 20.2. The van der Waals surface area contributed by atoms with Gasteiger partial charge in [-0.15, -0.1) is 0 Å². The standard InChI is InChI=1S/C23H35N5O6/c1-14-11-17-23(33)34-10-6-19(29)26-7-4-5-16(26)22(32)27-9-8-25(3)13-18(27)20(30)24-15(2)21(31)28(17)12-14/h14-18H,4-13H2,1-3H3,(H,24,30). The number of amides is 4. The molecule has 0 spiro atoms. The van der Waals surface area contributed by atoms with E-state index in [9.17, 15) is 24.0 Å². The maximum Gasteiger partial charge on any atom is 0.328 e. The van der Waals surface area contributed by atoms with Crippen molar-refractivity contribution in [2.75, 3.05) is 46.4 Å². The van der Waals surface area contributed by atoms with Crippen molar-refractivity contribution in [3.8, 4) is 0 Å². The Morgan fingerprint density at radius 2 is 1.62 bits per heavy atom. The number of rotatable bonds is 0. The average Bonchev–Trinajstić information content (AvgIpc) is 3.44. The lowest BCUT2D eigenvalue weighted by Crippen LogP contribution is -2.64. The number of cyclic esters (lactones) is 1. The molecule has 4 aliphatic heterocycles. The third kappa shape index (κ3) is 4.75. The highest BCUT2D eigenvalue weighted by atomic mass is 16.5. The van der Waals surface area contributed by atoms with Crippen molar-refractivity contribution in [1.82, 2.24) is 24.9 Å². The number of fused-ring (bicyclic) bond motifs is 3. The summed E-state index contributed by atoms with van der Waals surface area (Å²) in [4.78, 5) is 72.2. The molecular formula is C23H35N5O6. The molecular weight excluding hydrogens is 442 g/mol. The smallest absolute Gasteiger partial charge is 0.328 e. The van der Waals surface area contributed by atoms with Gasteiger partial charge in [-0.25, -0.2) is 4.79 Å². The van der Waals surface area contributed by atoms with Crippen LogP contribution < -0.4 is 5.32 Å². The van der Waals surface area contributed by atoms with Crippen LogP contribution in [0.15, 0.2) is 0 Å². The highest BCUT2D eigenvalue weighted by Gasteiger charge is 2.44. The number of hydrogen-bond acceptors (Lipinski definition) is 7. The van der Waals surface area contributed by atoms with Gasteiger partial charge < -0.3 is 29.7 Å². The van der Waals surface area contributed by atoms with Crippen LogP contribution in [0.5, 0.6) is 0 Å². The summed E-state index contributed by atoms with van der Waals surface area (Å²) < 4.78 is 5.38. The van der Waals surface area contributed by atoms with Gasteiger partial charge in [0.1, 0.15) is 30.8 Å². The monoisotopic (exact) mass is 477 g/mol. The SMILES string of the molecule is CC1CC2C(=O)OCCC(=O)N3CCCC3C(=O)N3CCN(C)CC3C(=O)NC(C)C(=O)N2C1. The Labute approximate surface area is 199 Å². The first-order chi connectivity index (χ1) is 16.2. The molecule has 4 amide bonds. The van der Waals surface area contributed by atoms with E-state index < -0.39 is 36.0 Å². The van der Waals surface area contributed by atoms with Gasteiger partial charge in [0, 0.05) is 32.7 Å². The van der Waals surface area contributed by atoms with E-state index in [0.29, 0.717) is 52.0 Å². The number of carbonyl (C=O) groups excluding carboxylic acids is 5. The lowest BCUT2D eigenvalue weighted by Gasteiger charge is -2.41. The second-order valence-corrected chi connectivity index (χ2v) is 10.0. The summed E-state index contributed by atoms with van der Waals surface area (Å²) in [5, 5.41) is 2.78. The predicted molar refractivity (Wildman–Crippen MR) is 120 cm³/mol. The molecule has 5 atom stereocenters. The number of hydrogen-bond donors (Lipinski definition) is 1. The minimum atomic E-state index is -0.852. The second-order valence-electron chi connectivity index (χ2n) is 10.0. The molecule has 4 saturated heterocycles. The molecule has 34 heavy (non-hydrogen) atoms. The zero-order valence-electron chi connectivity index (χ0n) is 20.2. The van der Waals surface area contributed by atoms with Crippen molar-refractivity contribution in [2.45, 2.75) is 63.7 Å². The van der Waals surface area contributed by atoms with E-state index in [1.165, 1.54) is 4.90 Å². The van der Waals surface area contributed by atoms with Gasteiger partial charge >= 0.3 is 5.97 Å². The van der Waals surface area contributed by atoms with Crippen LogP contribution in [0.4, 0.5) is 0 Å². The number of ether oxygens (including phenoxy) is 1. The molecule has 0 saturated carbocycles. The van der Waals surface area contributed by atoms with Crippen molar-refractivity contribution in [3.63, 3.8) is 0 Å². The lowest BCUT2D eigenvalue weighted by molar-refractivity contribution is -0.157. The number of likely N-dealkylation sites (N-methyl/N-ethyl adjacent to an activating group) is 1. The Morgan fingerprint density at radius 3 is 2.38 bits per heavy atom. The van der Waals surface area contributed by atoms with Crippen molar-refractivity contribution >= 4 is 29.6 Å². The first-order valence-electron chi connectivity index (χ1n) is 12.2. The molecule has 4 rings (SSSR count). The molecule has 4 fully saturated rings. The number of carbonyl (C=O) groups is 5. The molecule has 0 aromatic heterocycles. The molecule has 1 N–H and O–H groups in total. The van der Waals surface area contributed by atoms with Crippen molar-refractivity contribution in [3.05, 3.63) is 0 Å². The van der Waals surface area contributed by atoms with Crippen LogP contribution in [0, 0.1) is 5.92 Å². The van der Waals surface area contributed by atoms with Crippen LogP contribution in [0.1, 0.15) is 39.5 Å². The summed E-state index contributed by atoms with van der Waals surface area (Å²) in [5.41, 5.74) is 0. The molecule has 4 aliphatic rings. The molecule has 0 aliphatic carbocycles. The quantitative estimate of drug-likeness (QED) is 0.436. The minimum absolute atomic E-state index is 0.0191. The Hall–Kier alpha value is -2.69. The number of esters is 1. The third-order valence-electron chi connectivity index (χ3n) is 7.38. The largest absolute Gasteiger partial charge is 0.464 e. The van der Waals surface area contributed by atoms with E-state index in [4.69, 9.17) is 4.74 Å². The highest BCUT2D eigenvalue weighted by molar-refractivity contribution is 5.95. The highest BCUT2D eigenvalue weighted by Crippen LogP contribution is 2.26. The lowest BCUT2D eigenvalue weighted by atomic mass is 10.1. The maximum absolute atomic E-state index is 13.5. The number of nitrogens with one attached hydrogen (secondary N) is 1. The molecule has 11 nitrogen and oxygen atoms in total. The topological polar surface area (TPSA) is 120 Å². The van der Waals surface area contributed by atoms with E-state index >= 15 is 0 Å². The van der Waals surface area contributed by atoms with Crippen LogP contribution >= 0.6 is 0 Å². The van der Waals surface area contributed by atoms with Crippen LogP contribution in [-0.2, 0) is 28.7 Å². The Bertz CT molecular complexity index is 865. The van der Waals surface area contributed by atoms with Gasteiger partial charge in [-0.1, -0.05) is 6.92 Å². The summed E-state index contributed by atoms with van der Waals surface area (Å²) in [6, 6.07) is -2.97. The molecule has 188 valence electrons. The fraction of sp³-hybridized carbons (Fsp3) is 0.783. The van der Waals surface area contributed by atoms with Gasteiger partial charge in [-0.05, 0) is 39.2 Å². The van der Waals surface area contributed by atoms with Gasteiger partial charge in [0.25, 0.3) is 0 Å². The van der Waals surface area contributed by atoms with Crippen LogP contribution in [0.3, 0.4) is 0 Å². The fourth-order valence-electron chi connectivity index (χ4n) is 5.53. The first-order valence-corrected chi connectivity index (χ1v) is 12.2.